The summed E-state index contributed by atoms with van der Waals surface area (Å²) < 4.78 is 5.11. The van der Waals surface area contributed by atoms with Crippen LogP contribution in [-0.2, 0) is 9.53 Å². The number of rotatable bonds is 7. The molecule has 0 heterocycles. The molecule has 0 saturated carbocycles. The van der Waals surface area contributed by atoms with Gasteiger partial charge in [-0.15, -0.1) is 0 Å². The lowest BCUT2D eigenvalue weighted by molar-refractivity contribution is -0.142. The Morgan fingerprint density at radius 3 is 2.46 bits per heavy atom. The van der Waals surface area contributed by atoms with E-state index in [-0.39, 0.29) is 22.0 Å². The van der Waals surface area contributed by atoms with Crippen LogP contribution in [0.2, 0.25) is 0 Å². The number of thioether (sulfide) groups is 1. The van der Waals surface area contributed by atoms with E-state index in [1.54, 1.807) is 11.8 Å². The van der Waals surface area contributed by atoms with Crippen molar-refractivity contribution in [1.29, 1.82) is 0 Å². The first-order valence-corrected chi connectivity index (χ1v) is 9.94. The smallest absolute Gasteiger partial charge is 0.319 e. The van der Waals surface area contributed by atoms with E-state index in [1.807, 2.05) is 13.2 Å². The Labute approximate surface area is 150 Å². The van der Waals surface area contributed by atoms with Gasteiger partial charge in [-0.1, -0.05) is 60.8 Å². The van der Waals surface area contributed by atoms with Crippen LogP contribution < -0.4 is 0 Å². The van der Waals surface area contributed by atoms with E-state index in [1.165, 1.54) is 0 Å². The minimum Gasteiger partial charge on any atom is -0.465 e. The summed E-state index contributed by atoms with van der Waals surface area (Å²) in [5, 5.41) is -0.0689. The minimum absolute atomic E-state index is 0.0283. The van der Waals surface area contributed by atoms with Crippen LogP contribution in [-0.4, -0.2) is 24.1 Å². The Morgan fingerprint density at radius 2 is 1.88 bits per heavy atom. The molecular formula is C21H28O2S. The molecule has 2 rings (SSSR count). The van der Waals surface area contributed by atoms with Crippen LogP contribution in [0.1, 0.15) is 33.1 Å². The van der Waals surface area contributed by atoms with Gasteiger partial charge in [0.05, 0.1) is 6.61 Å². The predicted octanol–water partition coefficient (Wildman–Crippen LogP) is 5.25. The molecular weight excluding hydrogens is 316 g/mol. The molecule has 0 fully saturated rings. The van der Waals surface area contributed by atoms with E-state index in [0.29, 0.717) is 6.61 Å². The highest BCUT2D eigenvalue weighted by Gasteiger charge is 2.26. The fraction of sp³-hybridized carbons (Fsp3) is 0.476. The summed E-state index contributed by atoms with van der Waals surface area (Å²) in [5.74, 6) is -0.0973. The lowest BCUT2D eigenvalue weighted by Gasteiger charge is -2.30. The third-order valence-electron chi connectivity index (χ3n) is 4.45. The number of hydrogen-bond donors (Lipinski definition) is 0. The molecule has 0 aromatic heterocycles. The van der Waals surface area contributed by atoms with Crippen molar-refractivity contribution in [3.8, 4) is 0 Å². The number of esters is 1. The normalized spacial score (nSPS) is 21.5. The highest BCUT2D eigenvalue weighted by molar-refractivity contribution is 7.99. The summed E-state index contributed by atoms with van der Waals surface area (Å²) >= 11 is 1.57. The number of ether oxygens (including phenoxy) is 1. The van der Waals surface area contributed by atoms with Crippen molar-refractivity contribution < 1.29 is 9.53 Å². The first kappa shape index (κ1) is 18.9. The zero-order valence-electron chi connectivity index (χ0n) is 14.9. The number of hydrogen-bond acceptors (Lipinski definition) is 3. The van der Waals surface area contributed by atoms with Crippen molar-refractivity contribution in [1.82, 2.24) is 0 Å². The van der Waals surface area contributed by atoms with Gasteiger partial charge in [0.2, 0.25) is 0 Å². The van der Waals surface area contributed by atoms with Gasteiger partial charge < -0.3 is 4.74 Å². The van der Waals surface area contributed by atoms with Crippen LogP contribution in [0.25, 0.3) is 0 Å². The van der Waals surface area contributed by atoms with E-state index in [0.717, 1.165) is 19.3 Å². The highest BCUT2D eigenvalue weighted by atomic mass is 32.2. The maximum atomic E-state index is 11.8. The number of carbonyl (C=O) groups is 1. The summed E-state index contributed by atoms with van der Waals surface area (Å²) in [6, 6.07) is 0. The maximum absolute atomic E-state index is 11.8. The predicted molar refractivity (Wildman–Crippen MR) is 104 cm³/mol. The summed E-state index contributed by atoms with van der Waals surface area (Å²) in [4.78, 5) is 11.8. The summed E-state index contributed by atoms with van der Waals surface area (Å²) in [7, 11) is 0. The van der Waals surface area contributed by atoms with Gasteiger partial charge in [-0.25, -0.2) is 0 Å². The zero-order valence-corrected chi connectivity index (χ0v) is 15.7. The SMILES string of the molecule is CCOC(=O)C(CC/C=C\C1(C)C=CC2(C=CCC=C2)C=C1)SC. The molecule has 2 nitrogen and oxygen atoms in total. The fourth-order valence-corrected chi connectivity index (χ4v) is 3.55. The van der Waals surface area contributed by atoms with Crippen molar-refractivity contribution in [3.63, 3.8) is 0 Å². The number of allylic oxidation sites excluding steroid dienone is 10. The van der Waals surface area contributed by atoms with Crippen LogP contribution in [0, 0.1) is 10.8 Å². The maximum Gasteiger partial charge on any atom is 0.319 e. The third-order valence-corrected chi connectivity index (χ3v) is 5.45. The largest absolute Gasteiger partial charge is 0.465 e. The molecule has 0 aromatic rings. The van der Waals surface area contributed by atoms with Crippen LogP contribution in [0.15, 0.2) is 60.8 Å². The second-order valence-corrected chi connectivity index (χ2v) is 7.57. The first-order chi connectivity index (χ1) is 11.5. The van der Waals surface area contributed by atoms with E-state index in [9.17, 15) is 4.79 Å². The molecule has 24 heavy (non-hydrogen) atoms. The van der Waals surface area contributed by atoms with E-state index in [4.69, 9.17) is 4.74 Å². The molecule has 0 aliphatic heterocycles. The second kappa shape index (κ2) is 8.57. The molecule has 0 radical (unpaired) electrons. The average molecular weight is 345 g/mol. The van der Waals surface area contributed by atoms with Crippen molar-refractivity contribution >= 4 is 17.7 Å². The Kier molecular flexibility index (Phi) is 6.73. The molecule has 3 heteroatoms. The topological polar surface area (TPSA) is 26.3 Å². The van der Waals surface area contributed by atoms with Gasteiger partial charge >= 0.3 is 5.97 Å². The highest BCUT2D eigenvalue weighted by Crippen LogP contribution is 2.38. The Balaban J connectivity index is 1.88. The van der Waals surface area contributed by atoms with Gasteiger partial charge in [0.15, 0.2) is 0 Å². The zero-order chi connectivity index (χ0) is 17.5. The second-order valence-electron chi connectivity index (χ2n) is 6.53. The molecule has 0 amide bonds. The molecule has 2 aliphatic carbocycles. The summed E-state index contributed by atoms with van der Waals surface area (Å²) in [6.07, 6.45) is 27.1. The molecule has 130 valence electrons. The molecule has 0 aromatic carbocycles. The standard InChI is InChI=1S/C21H28O2S/c1-4-23-19(22)18(24-3)10-6-9-11-20(2)14-16-21(17-15-20)12-7-5-8-13-21/h7-9,11-18H,4-6,10H2,1-3H3/b11-9-. The van der Waals surface area contributed by atoms with Crippen LogP contribution in [0.5, 0.6) is 0 Å². The molecule has 1 unspecified atom stereocenters. The minimum atomic E-state index is -0.0973. The van der Waals surface area contributed by atoms with Gasteiger partial charge in [0, 0.05) is 10.8 Å². The molecule has 0 N–H and O–H groups in total. The molecule has 0 saturated heterocycles. The lowest BCUT2D eigenvalue weighted by Crippen LogP contribution is -2.20. The average Bonchev–Trinajstić information content (AvgIpc) is 2.59. The monoisotopic (exact) mass is 344 g/mol. The lowest BCUT2D eigenvalue weighted by atomic mass is 9.74. The molecule has 1 spiro atoms. The third kappa shape index (κ3) is 5.01. The van der Waals surface area contributed by atoms with E-state index >= 15 is 0 Å². The van der Waals surface area contributed by atoms with Gasteiger partial charge in [-0.3, -0.25) is 4.79 Å². The van der Waals surface area contributed by atoms with Gasteiger partial charge in [-0.2, -0.15) is 11.8 Å². The molecule has 2 aliphatic rings. The molecule has 1 atom stereocenters. The van der Waals surface area contributed by atoms with E-state index < -0.39 is 0 Å². The van der Waals surface area contributed by atoms with E-state index in [2.05, 4.69) is 67.7 Å². The van der Waals surface area contributed by atoms with Gasteiger partial charge in [0.25, 0.3) is 0 Å². The Bertz CT molecular complexity index is 553. The van der Waals surface area contributed by atoms with Gasteiger partial charge in [0.1, 0.15) is 5.25 Å². The quantitative estimate of drug-likeness (QED) is 0.466. The van der Waals surface area contributed by atoms with Crippen LogP contribution in [0.3, 0.4) is 0 Å². The summed E-state index contributed by atoms with van der Waals surface area (Å²) in [6.45, 7) is 4.50. The van der Waals surface area contributed by atoms with Crippen LogP contribution >= 0.6 is 11.8 Å². The van der Waals surface area contributed by atoms with Crippen molar-refractivity contribution in [3.05, 3.63) is 60.8 Å². The van der Waals surface area contributed by atoms with Crippen LogP contribution in [0.4, 0.5) is 0 Å². The number of carbonyl (C=O) groups excluding carboxylic acids is 1. The molecule has 0 bridgehead atoms. The summed E-state index contributed by atoms with van der Waals surface area (Å²) in [5.41, 5.74) is -0.0807. The van der Waals surface area contributed by atoms with Crippen molar-refractivity contribution in [2.75, 3.05) is 12.9 Å². The van der Waals surface area contributed by atoms with Crippen molar-refractivity contribution in [2.45, 2.75) is 38.4 Å². The Hall–Kier alpha value is -1.48. The fourth-order valence-electron chi connectivity index (χ4n) is 2.92. The van der Waals surface area contributed by atoms with Crippen molar-refractivity contribution in [2.24, 2.45) is 10.8 Å². The first-order valence-electron chi connectivity index (χ1n) is 8.66. The Morgan fingerprint density at radius 1 is 1.21 bits per heavy atom. The van der Waals surface area contributed by atoms with Gasteiger partial charge in [-0.05, 0) is 39.4 Å².